The van der Waals surface area contributed by atoms with E-state index in [4.69, 9.17) is 10.2 Å². The van der Waals surface area contributed by atoms with Gasteiger partial charge in [0, 0.05) is 0 Å². The summed E-state index contributed by atoms with van der Waals surface area (Å²) in [5.41, 5.74) is 0. The number of aromatic nitrogens is 2. The van der Waals surface area contributed by atoms with Gasteiger partial charge < -0.3 is 10.2 Å². The molecule has 1 aromatic heterocycles. The summed E-state index contributed by atoms with van der Waals surface area (Å²) in [7, 11) is 0. The fraction of sp³-hybridized carbons (Fsp3) is 0. The Labute approximate surface area is 98.2 Å². The standard InChI is InChI=1S/C4H4N4O4S3/c9-3(10)7(13)1-5-6-2(15-1)8(14)4(11)12/h13-14H,(H,9,10)(H,11,12). The van der Waals surface area contributed by atoms with Crippen molar-refractivity contribution in [2.45, 2.75) is 0 Å². The molecule has 0 atom stereocenters. The summed E-state index contributed by atoms with van der Waals surface area (Å²) in [5.74, 6) is 0. The second kappa shape index (κ2) is 4.55. The van der Waals surface area contributed by atoms with E-state index in [-0.39, 0.29) is 10.3 Å². The van der Waals surface area contributed by atoms with Crippen LogP contribution in [0.3, 0.4) is 0 Å². The van der Waals surface area contributed by atoms with E-state index in [0.717, 1.165) is 11.3 Å². The van der Waals surface area contributed by atoms with Gasteiger partial charge in [0.25, 0.3) is 0 Å². The number of rotatable bonds is 2. The molecule has 1 rings (SSSR count). The van der Waals surface area contributed by atoms with Crippen molar-refractivity contribution < 1.29 is 19.8 Å². The first-order valence-corrected chi connectivity index (χ1v) is 4.82. The smallest absolute Gasteiger partial charge is 0.423 e. The SMILES string of the molecule is O=C(O)N(S)c1nnc(N(S)C(=O)O)s1. The van der Waals surface area contributed by atoms with Crippen molar-refractivity contribution >= 4 is 59.4 Å². The van der Waals surface area contributed by atoms with Crippen molar-refractivity contribution in [1.82, 2.24) is 10.2 Å². The summed E-state index contributed by atoms with van der Waals surface area (Å²) < 4.78 is 1.04. The second-order valence-electron chi connectivity index (χ2n) is 2.06. The molecule has 0 aliphatic rings. The van der Waals surface area contributed by atoms with Crippen LogP contribution in [-0.2, 0) is 0 Å². The molecule has 0 spiro atoms. The van der Waals surface area contributed by atoms with Gasteiger partial charge >= 0.3 is 12.2 Å². The van der Waals surface area contributed by atoms with Gasteiger partial charge in [-0.2, -0.15) is 8.61 Å². The number of anilines is 2. The zero-order valence-corrected chi connectivity index (χ0v) is 9.41. The van der Waals surface area contributed by atoms with E-state index in [9.17, 15) is 9.59 Å². The van der Waals surface area contributed by atoms with Gasteiger partial charge in [-0.1, -0.05) is 37.0 Å². The Morgan fingerprint density at radius 1 is 1.07 bits per heavy atom. The highest BCUT2D eigenvalue weighted by atomic mass is 32.1. The number of carbonyl (C=O) groups is 2. The van der Waals surface area contributed by atoms with Crippen LogP contribution < -0.4 is 8.61 Å². The van der Waals surface area contributed by atoms with Crippen molar-refractivity contribution in [2.24, 2.45) is 0 Å². The van der Waals surface area contributed by atoms with Crippen molar-refractivity contribution in [3.8, 4) is 0 Å². The van der Waals surface area contributed by atoms with Crippen LogP contribution in [0.5, 0.6) is 0 Å². The number of amides is 2. The highest BCUT2D eigenvalue weighted by Gasteiger charge is 2.20. The molecule has 8 nitrogen and oxygen atoms in total. The molecule has 2 amide bonds. The minimum absolute atomic E-state index is 0.0684. The van der Waals surface area contributed by atoms with Gasteiger partial charge in [-0.25, -0.2) is 9.59 Å². The van der Waals surface area contributed by atoms with Crippen LogP contribution in [0.2, 0.25) is 0 Å². The normalized spacial score (nSPS) is 9.73. The molecule has 82 valence electrons. The van der Waals surface area contributed by atoms with Crippen molar-refractivity contribution in [1.29, 1.82) is 0 Å². The van der Waals surface area contributed by atoms with Gasteiger partial charge in [-0.15, -0.1) is 10.2 Å². The maximum absolute atomic E-state index is 10.5. The highest BCUT2D eigenvalue weighted by Crippen LogP contribution is 2.28. The number of hydrogen-bond donors (Lipinski definition) is 4. The lowest BCUT2D eigenvalue weighted by Gasteiger charge is -2.05. The molecule has 1 aromatic rings. The van der Waals surface area contributed by atoms with E-state index in [1.165, 1.54) is 0 Å². The first-order chi connectivity index (χ1) is 6.93. The Morgan fingerprint density at radius 2 is 1.40 bits per heavy atom. The van der Waals surface area contributed by atoms with Gasteiger partial charge in [0.05, 0.1) is 0 Å². The Morgan fingerprint density at radius 3 is 1.67 bits per heavy atom. The van der Waals surface area contributed by atoms with Crippen molar-refractivity contribution in [3.63, 3.8) is 0 Å². The Balaban J connectivity index is 2.89. The predicted molar refractivity (Wildman–Crippen MR) is 58.9 cm³/mol. The van der Waals surface area contributed by atoms with E-state index >= 15 is 0 Å². The molecule has 0 aliphatic carbocycles. The maximum atomic E-state index is 10.5. The van der Waals surface area contributed by atoms with E-state index in [0.29, 0.717) is 8.61 Å². The Hall–Kier alpha value is -1.20. The summed E-state index contributed by atoms with van der Waals surface area (Å²) in [5, 5.41) is 23.8. The first kappa shape index (κ1) is 11.9. The average Bonchev–Trinajstić information content (AvgIpc) is 2.63. The quantitative estimate of drug-likeness (QED) is 0.600. The van der Waals surface area contributed by atoms with E-state index < -0.39 is 12.2 Å². The summed E-state index contributed by atoms with van der Waals surface area (Å²) >= 11 is 7.92. The van der Waals surface area contributed by atoms with Crippen LogP contribution in [0.4, 0.5) is 19.9 Å². The Bertz CT molecular complexity index is 360. The molecule has 0 unspecified atom stereocenters. The highest BCUT2D eigenvalue weighted by molar-refractivity contribution is 7.83. The lowest BCUT2D eigenvalue weighted by atomic mass is 11.0. The molecule has 0 bridgehead atoms. The number of carboxylic acid groups (broad SMARTS) is 2. The monoisotopic (exact) mass is 268 g/mol. The van der Waals surface area contributed by atoms with Gasteiger partial charge in [0.15, 0.2) is 0 Å². The van der Waals surface area contributed by atoms with Crippen molar-refractivity contribution in [3.05, 3.63) is 0 Å². The molecular formula is C4H4N4O4S3. The number of hydrogen-bond acceptors (Lipinski definition) is 7. The molecule has 2 N–H and O–H groups in total. The van der Waals surface area contributed by atoms with Gasteiger partial charge in [-0.3, -0.25) is 0 Å². The Kier molecular flexibility index (Phi) is 3.60. The molecule has 0 fully saturated rings. The van der Waals surface area contributed by atoms with Gasteiger partial charge in [-0.05, 0) is 0 Å². The summed E-state index contributed by atoms with van der Waals surface area (Å²) in [4.78, 5) is 20.9. The molecule has 0 saturated carbocycles. The van der Waals surface area contributed by atoms with E-state index in [1.807, 2.05) is 0 Å². The fourth-order valence-electron chi connectivity index (χ4n) is 0.543. The van der Waals surface area contributed by atoms with Crippen LogP contribution in [0, 0.1) is 0 Å². The lowest BCUT2D eigenvalue weighted by Crippen LogP contribution is -2.17. The zero-order chi connectivity index (χ0) is 11.6. The third-order valence-electron chi connectivity index (χ3n) is 1.13. The molecule has 15 heavy (non-hydrogen) atoms. The molecule has 0 aliphatic heterocycles. The van der Waals surface area contributed by atoms with Crippen molar-refractivity contribution in [2.75, 3.05) is 8.61 Å². The molecule has 0 radical (unpaired) electrons. The first-order valence-electron chi connectivity index (χ1n) is 3.21. The predicted octanol–water partition coefficient (Wildman–Crippen LogP) is 1.20. The van der Waals surface area contributed by atoms with Crippen LogP contribution in [0.15, 0.2) is 0 Å². The van der Waals surface area contributed by atoms with Crippen LogP contribution in [0.1, 0.15) is 0 Å². The minimum atomic E-state index is -1.35. The summed E-state index contributed by atoms with van der Waals surface area (Å²) in [6.45, 7) is 0. The molecular weight excluding hydrogens is 264 g/mol. The lowest BCUT2D eigenvalue weighted by molar-refractivity contribution is 0.205. The van der Waals surface area contributed by atoms with Crippen LogP contribution in [-0.4, -0.2) is 32.6 Å². The third-order valence-corrected chi connectivity index (χ3v) is 3.01. The largest absolute Gasteiger partial charge is 0.464 e. The second-order valence-corrected chi connectivity index (χ2v) is 3.79. The van der Waals surface area contributed by atoms with Crippen LogP contribution in [0.25, 0.3) is 0 Å². The summed E-state index contributed by atoms with van der Waals surface area (Å²) in [6, 6.07) is 0. The molecule has 1 heterocycles. The summed E-state index contributed by atoms with van der Waals surface area (Å²) in [6.07, 6.45) is -2.69. The van der Waals surface area contributed by atoms with Crippen LogP contribution >= 0.6 is 37.0 Å². The van der Waals surface area contributed by atoms with Gasteiger partial charge in [0.2, 0.25) is 10.3 Å². The third kappa shape index (κ3) is 2.64. The minimum Gasteiger partial charge on any atom is -0.464 e. The maximum Gasteiger partial charge on any atom is 0.423 e. The molecule has 11 heteroatoms. The van der Waals surface area contributed by atoms with E-state index in [2.05, 4.69) is 35.8 Å². The van der Waals surface area contributed by atoms with Gasteiger partial charge in [0.1, 0.15) is 0 Å². The number of nitrogens with zero attached hydrogens (tertiary/aromatic N) is 4. The molecule has 0 aromatic carbocycles. The fourth-order valence-corrected chi connectivity index (χ4v) is 1.52. The topological polar surface area (TPSA) is 107 Å². The zero-order valence-electron chi connectivity index (χ0n) is 6.80. The average molecular weight is 268 g/mol. The van der Waals surface area contributed by atoms with E-state index in [1.54, 1.807) is 0 Å². The number of thiol groups is 2. The molecule has 0 saturated heterocycles.